The summed E-state index contributed by atoms with van der Waals surface area (Å²) >= 11 is 0. The molecule has 0 saturated carbocycles. The van der Waals surface area contributed by atoms with E-state index in [4.69, 9.17) is 23.7 Å². The van der Waals surface area contributed by atoms with Gasteiger partial charge < -0.3 is 23.7 Å². The van der Waals surface area contributed by atoms with Crippen molar-refractivity contribution in [2.24, 2.45) is 0 Å². The number of cyclic esters (lactones) is 1. The highest BCUT2D eigenvalue weighted by atomic mass is 16.6. The van der Waals surface area contributed by atoms with Gasteiger partial charge in [0.05, 0.1) is 31.8 Å². The van der Waals surface area contributed by atoms with Gasteiger partial charge in [0, 0.05) is 12.5 Å². The molecule has 0 aromatic heterocycles. The molecule has 2 aliphatic heterocycles. The van der Waals surface area contributed by atoms with Gasteiger partial charge in [0.1, 0.15) is 26.4 Å². The minimum absolute atomic E-state index is 0.000677. The molecule has 10 heteroatoms. The van der Waals surface area contributed by atoms with Crippen molar-refractivity contribution < 1.29 is 38.1 Å². The number of aryl methyl sites for hydroxylation is 1. The Morgan fingerprint density at radius 2 is 1.97 bits per heavy atom. The van der Waals surface area contributed by atoms with Crippen LogP contribution in [0.3, 0.4) is 0 Å². The molecular formula is C25H32N2O8. The van der Waals surface area contributed by atoms with E-state index in [9.17, 15) is 14.4 Å². The van der Waals surface area contributed by atoms with Crippen LogP contribution in [0.25, 0.3) is 0 Å². The third-order valence-corrected chi connectivity index (χ3v) is 5.87. The highest BCUT2D eigenvalue weighted by Gasteiger charge is 2.46. The third kappa shape index (κ3) is 5.76. The zero-order valence-electron chi connectivity index (χ0n) is 20.3. The fourth-order valence-corrected chi connectivity index (χ4v) is 4.53. The first-order chi connectivity index (χ1) is 16.8. The summed E-state index contributed by atoms with van der Waals surface area (Å²) in [5.41, 5.74) is 2.45. The van der Waals surface area contributed by atoms with Gasteiger partial charge in [0.15, 0.2) is 11.5 Å². The van der Waals surface area contributed by atoms with Crippen LogP contribution in [0.4, 0.5) is 4.79 Å². The number of carbonyl (C=O) groups is 3. The first kappa shape index (κ1) is 26.1. The third-order valence-electron chi connectivity index (χ3n) is 5.87. The molecule has 1 amide bonds. The van der Waals surface area contributed by atoms with E-state index in [1.54, 1.807) is 13.2 Å². The fraction of sp³-hybridized carbons (Fsp3) is 0.480. The highest BCUT2D eigenvalue weighted by molar-refractivity contribution is 5.74. The van der Waals surface area contributed by atoms with Gasteiger partial charge in [0.25, 0.3) is 0 Å². The Morgan fingerprint density at radius 3 is 2.57 bits per heavy atom. The molecule has 1 aromatic rings. The number of nitrogens with one attached hydrogen (secondary N) is 1. The molecule has 3 rings (SSSR count). The van der Waals surface area contributed by atoms with E-state index in [0.717, 1.165) is 11.1 Å². The van der Waals surface area contributed by atoms with Crippen molar-refractivity contribution in [1.29, 1.82) is 0 Å². The van der Waals surface area contributed by atoms with Gasteiger partial charge in [-0.1, -0.05) is 31.4 Å². The Labute approximate surface area is 204 Å². The molecule has 35 heavy (non-hydrogen) atoms. The van der Waals surface area contributed by atoms with Crippen molar-refractivity contribution in [2.75, 3.05) is 40.1 Å². The molecular weight excluding hydrogens is 456 g/mol. The van der Waals surface area contributed by atoms with E-state index < -0.39 is 30.2 Å². The number of hydrogen-bond donors (Lipinski definition) is 1. The molecule has 0 aliphatic carbocycles. The Hall–Kier alpha value is -3.53. The predicted octanol–water partition coefficient (Wildman–Crippen LogP) is 2.24. The second kappa shape index (κ2) is 11.7. The highest BCUT2D eigenvalue weighted by Crippen LogP contribution is 2.47. The first-order valence-corrected chi connectivity index (χ1v) is 11.3. The molecule has 3 atom stereocenters. The number of nitrogens with zero attached hydrogens (tertiary/aromatic N) is 1. The average Bonchev–Trinajstić information content (AvgIpc) is 2.83. The van der Waals surface area contributed by atoms with Crippen LogP contribution >= 0.6 is 0 Å². The van der Waals surface area contributed by atoms with Gasteiger partial charge in [-0.05, 0) is 24.5 Å². The number of morpholine rings is 1. The number of ether oxygens (including phenoxy) is 5. The lowest BCUT2D eigenvalue weighted by Crippen LogP contribution is -2.59. The topological polar surface area (TPSA) is 113 Å². The minimum atomic E-state index is -0.681. The van der Waals surface area contributed by atoms with E-state index in [1.165, 1.54) is 17.9 Å². The summed E-state index contributed by atoms with van der Waals surface area (Å²) in [7, 11) is 1.55. The molecule has 2 aliphatic rings. The van der Waals surface area contributed by atoms with Crippen molar-refractivity contribution in [1.82, 2.24) is 10.2 Å². The maximum atomic E-state index is 13.4. The SMILES string of the molecule is C=CCOC(=O)N1[C@H](COC(C)=O)Cc2cc(C)c(OC)c(OCC=C)c2[C@@H]1[C@@H]1COC(=O)CN1. The molecule has 0 radical (unpaired) electrons. The summed E-state index contributed by atoms with van der Waals surface area (Å²) < 4.78 is 27.8. The zero-order chi connectivity index (χ0) is 25.5. The molecule has 1 fully saturated rings. The van der Waals surface area contributed by atoms with Crippen LogP contribution < -0.4 is 14.8 Å². The van der Waals surface area contributed by atoms with Gasteiger partial charge in [0.2, 0.25) is 0 Å². The average molecular weight is 489 g/mol. The van der Waals surface area contributed by atoms with E-state index in [1.807, 2.05) is 13.0 Å². The smallest absolute Gasteiger partial charge is 0.411 e. The summed E-state index contributed by atoms with van der Waals surface area (Å²) in [5.74, 6) is 0.149. The molecule has 10 nitrogen and oxygen atoms in total. The fourth-order valence-electron chi connectivity index (χ4n) is 4.53. The summed E-state index contributed by atoms with van der Waals surface area (Å²) in [6.07, 6.45) is 2.85. The molecule has 190 valence electrons. The predicted molar refractivity (Wildman–Crippen MR) is 126 cm³/mol. The van der Waals surface area contributed by atoms with Crippen molar-refractivity contribution in [3.8, 4) is 11.5 Å². The maximum Gasteiger partial charge on any atom is 0.411 e. The lowest BCUT2D eigenvalue weighted by atomic mass is 9.83. The lowest BCUT2D eigenvalue weighted by molar-refractivity contribution is -0.149. The van der Waals surface area contributed by atoms with Gasteiger partial charge in [-0.3, -0.25) is 19.8 Å². The van der Waals surface area contributed by atoms with Crippen molar-refractivity contribution in [3.05, 3.63) is 48.1 Å². The van der Waals surface area contributed by atoms with Gasteiger partial charge in [-0.25, -0.2) is 4.79 Å². The second-order valence-corrected chi connectivity index (χ2v) is 8.28. The molecule has 1 aromatic carbocycles. The number of hydrogen-bond acceptors (Lipinski definition) is 9. The van der Waals surface area contributed by atoms with Gasteiger partial charge in [-0.2, -0.15) is 0 Å². The van der Waals surface area contributed by atoms with Crippen LogP contribution in [0, 0.1) is 6.92 Å². The van der Waals surface area contributed by atoms with Crippen molar-refractivity contribution in [2.45, 2.75) is 38.4 Å². The summed E-state index contributed by atoms with van der Waals surface area (Å²) in [4.78, 5) is 38.3. The van der Waals surface area contributed by atoms with E-state index >= 15 is 0 Å². The minimum Gasteiger partial charge on any atom is -0.493 e. The summed E-state index contributed by atoms with van der Waals surface area (Å²) in [5, 5.41) is 3.17. The number of methoxy groups -OCH3 is 1. The quantitative estimate of drug-likeness (QED) is 0.318. The van der Waals surface area contributed by atoms with Crippen molar-refractivity contribution in [3.63, 3.8) is 0 Å². The Kier molecular flexibility index (Phi) is 8.75. The molecule has 0 unspecified atom stereocenters. The standard InChI is InChI=1S/C25H32N2O8/c1-6-8-32-24-21-17(10-15(3)23(24)31-5)11-18(13-34-16(4)28)27(25(30)33-9-7-2)22(21)19-14-35-20(29)12-26-19/h6-7,10,18-19,22,26H,1-2,8-9,11-14H2,3-5H3/t18-,19-,22-/m0/s1. The van der Waals surface area contributed by atoms with Crippen LogP contribution in [0.5, 0.6) is 11.5 Å². The van der Waals surface area contributed by atoms with Crippen LogP contribution in [0.1, 0.15) is 29.7 Å². The van der Waals surface area contributed by atoms with Gasteiger partial charge >= 0.3 is 18.0 Å². The van der Waals surface area contributed by atoms with Crippen molar-refractivity contribution >= 4 is 18.0 Å². The molecule has 2 heterocycles. The maximum absolute atomic E-state index is 13.4. The van der Waals surface area contributed by atoms with Gasteiger partial charge in [-0.15, -0.1) is 0 Å². The zero-order valence-corrected chi connectivity index (χ0v) is 20.3. The molecule has 0 bridgehead atoms. The van der Waals surface area contributed by atoms with E-state index in [-0.39, 0.29) is 38.9 Å². The number of amides is 1. The van der Waals surface area contributed by atoms with Crippen LogP contribution in [0.2, 0.25) is 0 Å². The Morgan fingerprint density at radius 1 is 1.23 bits per heavy atom. The monoisotopic (exact) mass is 488 g/mol. The van der Waals surface area contributed by atoms with E-state index in [2.05, 4.69) is 18.5 Å². The van der Waals surface area contributed by atoms with Crippen LogP contribution in [-0.2, 0) is 30.2 Å². The second-order valence-electron chi connectivity index (χ2n) is 8.28. The Balaban J connectivity index is 2.21. The molecule has 0 spiro atoms. The summed E-state index contributed by atoms with van der Waals surface area (Å²) in [6.45, 7) is 10.7. The number of esters is 2. The van der Waals surface area contributed by atoms with Crippen LogP contribution in [-0.4, -0.2) is 75.1 Å². The number of rotatable bonds is 9. The Bertz CT molecular complexity index is 982. The van der Waals surface area contributed by atoms with E-state index in [0.29, 0.717) is 23.5 Å². The van der Waals surface area contributed by atoms with Crippen LogP contribution in [0.15, 0.2) is 31.4 Å². The number of benzene rings is 1. The number of fused-ring (bicyclic) bond motifs is 1. The molecule has 1 saturated heterocycles. The largest absolute Gasteiger partial charge is 0.493 e. The molecule has 1 N–H and O–H groups in total. The first-order valence-electron chi connectivity index (χ1n) is 11.3. The normalized spacial score (nSPS) is 21.3. The summed E-state index contributed by atoms with van der Waals surface area (Å²) in [6, 6.07) is 0.276. The lowest BCUT2D eigenvalue weighted by Gasteiger charge is -2.46. The number of carbonyl (C=O) groups excluding carboxylic acids is 3.